The van der Waals surface area contributed by atoms with Crippen LogP contribution in [0.5, 0.6) is 0 Å². The Hall–Kier alpha value is -1.57. The van der Waals surface area contributed by atoms with Crippen molar-refractivity contribution in [1.29, 1.82) is 0 Å². The molecule has 0 aliphatic heterocycles. The van der Waals surface area contributed by atoms with Crippen LogP contribution in [0.2, 0.25) is 0 Å². The minimum absolute atomic E-state index is 0.0397. The van der Waals surface area contributed by atoms with Gasteiger partial charge in [0.15, 0.2) is 0 Å². The van der Waals surface area contributed by atoms with Crippen LogP contribution in [-0.2, 0) is 16.6 Å². The van der Waals surface area contributed by atoms with Crippen molar-refractivity contribution in [2.45, 2.75) is 11.4 Å². The van der Waals surface area contributed by atoms with E-state index in [1.165, 1.54) is 6.07 Å². The minimum Gasteiger partial charge on any atom is -0.396 e. The summed E-state index contributed by atoms with van der Waals surface area (Å²) in [7, 11) is -1.94. The first kappa shape index (κ1) is 13.9. The van der Waals surface area contributed by atoms with Gasteiger partial charge in [0.05, 0.1) is 11.4 Å². The summed E-state index contributed by atoms with van der Waals surface area (Å²) in [6.07, 6.45) is 0. The number of hydrogen-bond acceptors (Lipinski definition) is 5. The van der Waals surface area contributed by atoms with Crippen LogP contribution in [0.15, 0.2) is 39.9 Å². The highest BCUT2D eigenvalue weighted by Gasteiger charge is 2.16. The lowest BCUT2D eigenvalue weighted by Crippen LogP contribution is -2.20. The van der Waals surface area contributed by atoms with Gasteiger partial charge < -0.3 is 10.6 Å². The number of nitrogens with zero attached hydrogens (tertiary/aromatic N) is 1. The van der Waals surface area contributed by atoms with Gasteiger partial charge in [-0.15, -0.1) is 0 Å². The first-order chi connectivity index (χ1) is 8.89. The number of para-hydroxylation sites is 1. The molecule has 19 heavy (non-hydrogen) atoms. The third kappa shape index (κ3) is 3.06. The number of nitrogen functional groups attached to an aromatic ring is 1. The molecule has 2 rings (SSSR count). The van der Waals surface area contributed by atoms with Crippen molar-refractivity contribution >= 4 is 32.7 Å². The Morgan fingerprint density at radius 2 is 2.05 bits per heavy atom. The van der Waals surface area contributed by atoms with E-state index in [1.54, 1.807) is 23.5 Å². The lowest BCUT2D eigenvalue weighted by Gasteiger charge is -2.21. The molecule has 0 bridgehead atoms. The van der Waals surface area contributed by atoms with Gasteiger partial charge in [-0.3, -0.25) is 0 Å². The smallest absolute Gasteiger partial charge is 0.240 e. The standard InChI is InChI=1S/C12H15N3O2S2/c1-15(7-9-5-6-18-8-9)10-3-2-4-11(12(10)13)19(14,16)17/h2-6,8H,7,13H2,1H3,(H2,14,16,17). The molecule has 0 unspecified atom stereocenters. The second kappa shape index (κ2) is 5.20. The van der Waals surface area contributed by atoms with Crippen molar-refractivity contribution in [3.8, 4) is 0 Å². The number of hydrogen-bond donors (Lipinski definition) is 2. The first-order valence-electron chi connectivity index (χ1n) is 5.53. The second-order valence-electron chi connectivity index (χ2n) is 4.22. The van der Waals surface area contributed by atoms with Crippen LogP contribution in [0.4, 0.5) is 11.4 Å². The maximum absolute atomic E-state index is 11.4. The molecule has 1 heterocycles. The molecule has 5 nitrogen and oxygen atoms in total. The lowest BCUT2D eigenvalue weighted by molar-refractivity contribution is 0.598. The Bertz CT molecular complexity index is 666. The third-order valence-electron chi connectivity index (χ3n) is 2.76. The molecule has 1 aromatic carbocycles. The van der Waals surface area contributed by atoms with Crippen LogP contribution >= 0.6 is 11.3 Å². The molecule has 7 heteroatoms. The molecule has 1 aromatic heterocycles. The fraction of sp³-hybridized carbons (Fsp3) is 0.167. The molecule has 0 aliphatic rings. The van der Waals surface area contributed by atoms with E-state index in [-0.39, 0.29) is 10.6 Å². The number of rotatable bonds is 4. The molecule has 102 valence electrons. The number of sulfonamides is 1. The highest BCUT2D eigenvalue weighted by atomic mass is 32.2. The van der Waals surface area contributed by atoms with Crippen LogP contribution < -0.4 is 15.8 Å². The normalized spacial score (nSPS) is 11.5. The van der Waals surface area contributed by atoms with Gasteiger partial charge in [0.1, 0.15) is 4.90 Å². The molecule has 0 aliphatic carbocycles. The maximum atomic E-state index is 11.4. The SMILES string of the molecule is CN(Cc1ccsc1)c1cccc(S(N)(=O)=O)c1N. The molecular weight excluding hydrogens is 282 g/mol. The topological polar surface area (TPSA) is 89.4 Å². The van der Waals surface area contributed by atoms with E-state index < -0.39 is 10.0 Å². The van der Waals surface area contributed by atoms with Crippen LogP contribution in [0.3, 0.4) is 0 Å². The van der Waals surface area contributed by atoms with E-state index >= 15 is 0 Å². The van der Waals surface area contributed by atoms with Gasteiger partial charge in [-0.05, 0) is 34.5 Å². The zero-order valence-electron chi connectivity index (χ0n) is 10.4. The zero-order valence-corrected chi connectivity index (χ0v) is 12.0. The van der Waals surface area contributed by atoms with Crippen LogP contribution in [0, 0.1) is 0 Å². The highest BCUT2D eigenvalue weighted by molar-refractivity contribution is 7.89. The van der Waals surface area contributed by atoms with Crippen LogP contribution in [-0.4, -0.2) is 15.5 Å². The molecule has 0 amide bonds. The zero-order chi connectivity index (χ0) is 14.0. The van der Waals surface area contributed by atoms with E-state index in [2.05, 4.69) is 0 Å². The van der Waals surface area contributed by atoms with E-state index in [9.17, 15) is 8.42 Å². The van der Waals surface area contributed by atoms with Gasteiger partial charge in [0.25, 0.3) is 0 Å². The molecule has 0 spiro atoms. The van der Waals surface area contributed by atoms with Crippen LogP contribution in [0.1, 0.15) is 5.56 Å². The molecular formula is C12H15N3O2S2. The predicted molar refractivity (Wildman–Crippen MR) is 78.7 cm³/mol. The van der Waals surface area contributed by atoms with Crippen molar-refractivity contribution in [2.24, 2.45) is 5.14 Å². The third-order valence-corrected chi connectivity index (χ3v) is 4.46. The van der Waals surface area contributed by atoms with E-state index in [0.29, 0.717) is 12.2 Å². The summed E-state index contributed by atoms with van der Waals surface area (Å²) < 4.78 is 22.9. The van der Waals surface area contributed by atoms with Crippen molar-refractivity contribution < 1.29 is 8.42 Å². The molecule has 4 N–H and O–H groups in total. The summed E-state index contributed by atoms with van der Waals surface area (Å²) in [4.78, 5) is 1.86. The Balaban J connectivity index is 2.35. The van der Waals surface area contributed by atoms with E-state index in [1.807, 2.05) is 28.8 Å². The van der Waals surface area contributed by atoms with Crippen molar-refractivity contribution in [3.63, 3.8) is 0 Å². The average molecular weight is 297 g/mol. The second-order valence-corrected chi connectivity index (χ2v) is 6.53. The largest absolute Gasteiger partial charge is 0.396 e. The summed E-state index contributed by atoms with van der Waals surface area (Å²) in [5.41, 5.74) is 7.88. The predicted octanol–water partition coefficient (Wildman–Crippen LogP) is 1.61. The number of anilines is 2. The minimum atomic E-state index is -3.80. The summed E-state index contributed by atoms with van der Waals surface area (Å²) in [6, 6.07) is 6.83. The summed E-state index contributed by atoms with van der Waals surface area (Å²) >= 11 is 1.61. The van der Waals surface area contributed by atoms with Gasteiger partial charge in [0, 0.05) is 13.6 Å². The molecule has 0 atom stereocenters. The number of primary sulfonamides is 1. The molecule has 0 saturated carbocycles. The van der Waals surface area contributed by atoms with Gasteiger partial charge in [-0.25, -0.2) is 13.6 Å². The summed E-state index contributed by atoms with van der Waals surface area (Å²) in [6.45, 7) is 0.655. The molecule has 2 aromatic rings. The van der Waals surface area contributed by atoms with Gasteiger partial charge in [0.2, 0.25) is 10.0 Å². The Labute approximate surface area is 116 Å². The van der Waals surface area contributed by atoms with Crippen molar-refractivity contribution in [1.82, 2.24) is 0 Å². The Morgan fingerprint density at radius 3 is 2.63 bits per heavy atom. The van der Waals surface area contributed by atoms with Crippen molar-refractivity contribution in [2.75, 3.05) is 17.7 Å². The molecule has 0 radical (unpaired) electrons. The monoisotopic (exact) mass is 297 g/mol. The van der Waals surface area contributed by atoms with Gasteiger partial charge in [-0.1, -0.05) is 6.07 Å². The Kier molecular flexibility index (Phi) is 3.79. The maximum Gasteiger partial charge on any atom is 0.240 e. The lowest BCUT2D eigenvalue weighted by atomic mass is 10.2. The number of nitrogens with two attached hydrogens (primary N) is 2. The fourth-order valence-corrected chi connectivity index (χ4v) is 3.19. The quantitative estimate of drug-likeness (QED) is 0.839. The molecule has 0 fully saturated rings. The van der Waals surface area contributed by atoms with Crippen molar-refractivity contribution in [3.05, 3.63) is 40.6 Å². The van der Waals surface area contributed by atoms with Crippen LogP contribution in [0.25, 0.3) is 0 Å². The summed E-state index contributed by atoms with van der Waals surface area (Å²) in [5.74, 6) is 0. The van der Waals surface area contributed by atoms with E-state index in [4.69, 9.17) is 10.9 Å². The highest BCUT2D eigenvalue weighted by Crippen LogP contribution is 2.29. The molecule has 0 saturated heterocycles. The fourth-order valence-electron chi connectivity index (χ4n) is 1.86. The first-order valence-corrected chi connectivity index (χ1v) is 8.02. The van der Waals surface area contributed by atoms with Gasteiger partial charge in [-0.2, -0.15) is 11.3 Å². The Morgan fingerprint density at radius 1 is 1.32 bits per heavy atom. The average Bonchev–Trinajstić information content (AvgIpc) is 2.80. The van der Waals surface area contributed by atoms with Gasteiger partial charge >= 0.3 is 0 Å². The number of benzene rings is 1. The summed E-state index contributed by atoms with van der Waals surface area (Å²) in [5, 5.41) is 9.17. The number of thiophene rings is 1. The van der Waals surface area contributed by atoms with E-state index in [0.717, 1.165) is 5.56 Å².